The van der Waals surface area contributed by atoms with Gasteiger partial charge in [0.15, 0.2) is 0 Å². The molecule has 0 amide bonds. The fourth-order valence-electron chi connectivity index (χ4n) is 2.83. The van der Waals surface area contributed by atoms with Crippen LogP contribution in [0.5, 0.6) is 0 Å². The molecule has 1 saturated heterocycles. The first-order chi connectivity index (χ1) is 7.60. The van der Waals surface area contributed by atoms with Crippen LogP contribution in [0.1, 0.15) is 31.4 Å². The van der Waals surface area contributed by atoms with E-state index in [4.69, 9.17) is 0 Å². The third-order valence-corrected chi connectivity index (χ3v) is 3.54. The van der Waals surface area contributed by atoms with E-state index in [9.17, 15) is 0 Å². The number of aryl methyl sites for hydroxylation is 1. The van der Waals surface area contributed by atoms with E-state index in [1.54, 1.807) is 0 Å². The Morgan fingerprint density at radius 2 is 1.81 bits per heavy atom. The SMILES string of the molecule is Cc1ccc(CC2(CC(C)C)CNC2)cc1. The fourth-order valence-corrected chi connectivity index (χ4v) is 2.83. The Bertz CT molecular complexity index is 333. The van der Waals surface area contributed by atoms with Gasteiger partial charge in [-0.1, -0.05) is 43.7 Å². The van der Waals surface area contributed by atoms with Crippen molar-refractivity contribution in [3.63, 3.8) is 0 Å². The molecule has 0 spiro atoms. The molecule has 88 valence electrons. The van der Waals surface area contributed by atoms with Gasteiger partial charge >= 0.3 is 0 Å². The average Bonchev–Trinajstić information content (AvgIpc) is 2.17. The van der Waals surface area contributed by atoms with Crippen LogP contribution < -0.4 is 5.32 Å². The zero-order chi connectivity index (χ0) is 11.6. The maximum Gasteiger partial charge on any atom is 0.00235 e. The van der Waals surface area contributed by atoms with Crippen molar-refractivity contribution >= 4 is 0 Å². The van der Waals surface area contributed by atoms with Crippen LogP contribution in [0.25, 0.3) is 0 Å². The van der Waals surface area contributed by atoms with Crippen molar-refractivity contribution in [3.8, 4) is 0 Å². The van der Waals surface area contributed by atoms with E-state index in [0.717, 1.165) is 5.92 Å². The Morgan fingerprint density at radius 1 is 1.19 bits per heavy atom. The van der Waals surface area contributed by atoms with Crippen molar-refractivity contribution in [1.82, 2.24) is 5.32 Å². The van der Waals surface area contributed by atoms with E-state index < -0.39 is 0 Å². The summed E-state index contributed by atoms with van der Waals surface area (Å²) in [5, 5.41) is 3.44. The molecule has 1 heteroatoms. The quantitative estimate of drug-likeness (QED) is 0.817. The normalized spacial score (nSPS) is 18.5. The lowest BCUT2D eigenvalue weighted by atomic mass is 9.71. The maximum absolute atomic E-state index is 3.44. The van der Waals surface area contributed by atoms with Gasteiger partial charge in [0.05, 0.1) is 0 Å². The van der Waals surface area contributed by atoms with Gasteiger partial charge in [0.1, 0.15) is 0 Å². The minimum absolute atomic E-state index is 0.531. The van der Waals surface area contributed by atoms with Gasteiger partial charge in [-0.15, -0.1) is 0 Å². The number of hydrogen-bond acceptors (Lipinski definition) is 1. The smallest absolute Gasteiger partial charge is 0.00235 e. The Morgan fingerprint density at radius 3 is 2.25 bits per heavy atom. The van der Waals surface area contributed by atoms with Crippen molar-refractivity contribution < 1.29 is 0 Å². The van der Waals surface area contributed by atoms with E-state index in [0.29, 0.717) is 5.41 Å². The predicted octanol–water partition coefficient (Wildman–Crippen LogP) is 3.17. The first-order valence-corrected chi connectivity index (χ1v) is 6.36. The molecule has 1 aliphatic heterocycles. The lowest BCUT2D eigenvalue weighted by Crippen LogP contribution is -2.55. The number of rotatable bonds is 4. The molecule has 0 atom stereocenters. The van der Waals surface area contributed by atoms with Crippen LogP contribution in [-0.4, -0.2) is 13.1 Å². The van der Waals surface area contributed by atoms with E-state index in [1.807, 2.05) is 0 Å². The number of hydrogen-bond donors (Lipinski definition) is 1. The first-order valence-electron chi connectivity index (χ1n) is 6.36. The molecule has 2 rings (SSSR count). The number of nitrogens with one attached hydrogen (secondary N) is 1. The summed E-state index contributed by atoms with van der Waals surface area (Å²) in [7, 11) is 0. The lowest BCUT2D eigenvalue weighted by Gasteiger charge is -2.44. The van der Waals surface area contributed by atoms with Crippen molar-refractivity contribution in [3.05, 3.63) is 35.4 Å². The van der Waals surface area contributed by atoms with Crippen LogP contribution in [-0.2, 0) is 6.42 Å². The molecule has 0 saturated carbocycles. The van der Waals surface area contributed by atoms with Crippen LogP contribution in [0.3, 0.4) is 0 Å². The lowest BCUT2D eigenvalue weighted by molar-refractivity contribution is 0.131. The highest BCUT2D eigenvalue weighted by Gasteiger charge is 2.37. The summed E-state index contributed by atoms with van der Waals surface area (Å²) in [4.78, 5) is 0. The molecule has 1 nitrogen and oxygen atoms in total. The second kappa shape index (κ2) is 4.58. The van der Waals surface area contributed by atoms with Crippen molar-refractivity contribution in [1.29, 1.82) is 0 Å². The molecule has 1 aromatic rings. The largest absolute Gasteiger partial charge is 0.316 e. The van der Waals surface area contributed by atoms with E-state index >= 15 is 0 Å². The van der Waals surface area contributed by atoms with Crippen LogP contribution in [0.4, 0.5) is 0 Å². The Balaban J connectivity index is 2.04. The molecule has 16 heavy (non-hydrogen) atoms. The second-order valence-corrected chi connectivity index (χ2v) is 5.86. The van der Waals surface area contributed by atoms with Gasteiger partial charge in [0.2, 0.25) is 0 Å². The summed E-state index contributed by atoms with van der Waals surface area (Å²) in [5.41, 5.74) is 3.38. The van der Waals surface area contributed by atoms with Gasteiger partial charge in [-0.2, -0.15) is 0 Å². The van der Waals surface area contributed by atoms with Gasteiger partial charge in [-0.05, 0) is 36.7 Å². The van der Waals surface area contributed by atoms with E-state index in [-0.39, 0.29) is 0 Å². The molecule has 0 aromatic heterocycles. The van der Waals surface area contributed by atoms with Gasteiger partial charge < -0.3 is 5.32 Å². The zero-order valence-corrected chi connectivity index (χ0v) is 10.7. The van der Waals surface area contributed by atoms with Crippen LogP contribution in [0, 0.1) is 18.3 Å². The van der Waals surface area contributed by atoms with Gasteiger partial charge in [-0.25, -0.2) is 0 Å². The maximum atomic E-state index is 3.44. The molecule has 0 radical (unpaired) electrons. The third kappa shape index (κ3) is 2.65. The zero-order valence-electron chi connectivity index (χ0n) is 10.7. The minimum atomic E-state index is 0.531. The van der Waals surface area contributed by atoms with E-state index in [1.165, 1.54) is 37.1 Å². The Hall–Kier alpha value is -0.820. The standard InChI is InChI=1S/C15H23N/c1-12(2)8-15(10-16-11-15)9-14-6-4-13(3)5-7-14/h4-7,12,16H,8-11H2,1-3H3. The molecule has 0 aliphatic carbocycles. The first kappa shape index (κ1) is 11.7. The molecule has 1 heterocycles. The summed E-state index contributed by atoms with van der Waals surface area (Å²) in [6.07, 6.45) is 2.58. The Labute approximate surface area is 99.3 Å². The fraction of sp³-hybridized carbons (Fsp3) is 0.600. The minimum Gasteiger partial charge on any atom is -0.316 e. The second-order valence-electron chi connectivity index (χ2n) is 5.86. The van der Waals surface area contributed by atoms with Crippen LogP contribution in [0.15, 0.2) is 24.3 Å². The molecule has 1 aromatic carbocycles. The monoisotopic (exact) mass is 217 g/mol. The molecule has 1 aliphatic rings. The summed E-state index contributed by atoms with van der Waals surface area (Å²) >= 11 is 0. The molecule has 0 bridgehead atoms. The highest BCUT2D eigenvalue weighted by molar-refractivity contribution is 5.23. The topological polar surface area (TPSA) is 12.0 Å². The van der Waals surface area contributed by atoms with Gasteiger partial charge in [-0.3, -0.25) is 0 Å². The van der Waals surface area contributed by atoms with Gasteiger partial charge in [0.25, 0.3) is 0 Å². The molecule has 1 fully saturated rings. The predicted molar refractivity (Wildman–Crippen MR) is 69.6 cm³/mol. The molecular formula is C15H23N. The molecule has 1 N–H and O–H groups in total. The Kier molecular flexibility index (Phi) is 3.34. The van der Waals surface area contributed by atoms with Crippen LogP contribution >= 0.6 is 0 Å². The number of benzene rings is 1. The van der Waals surface area contributed by atoms with Gasteiger partial charge in [0, 0.05) is 13.1 Å². The van der Waals surface area contributed by atoms with Crippen LogP contribution in [0.2, 0.25) is 0 Å². The molecular weight excluding hydrogens is 194 g/mol. The summed E-state index contributed by atoms with van der Waals surface area (Å²) in [6, 6.07) is 9.03. The summed E-state index contributed by atoms with van der Waals surface area (Å²) < 4.78 is 0. The van der Waals surface area contributed by atoms with Crippen molar-refractivity contribution in [2.24, 2.45) is 11.3 Å². The summed E-state index contributed by atoms with van der Waals surface area (Å²) in [6.45, 7) is 9.20. The van der Waals surface area contributed by atoms with E-state index in [2.05, 4.69) is 50.4 Å². The summed E-state index contributed by atoms with van der Waals surface area (Å²) in [5.74, 6) is 0.799. The third-order valence-electron chi connectivity index (χ3n) is 3.54. The molecule has 0 unspecified atom stereocenters. The highest BCUT2D eigenvalue weighted by atomic mass is 15.0. The van der Waals surface area contributed by atoms with Crippen molar-refractivity contribution in [2.45, 2.75) is 33.6 Å². The van der Waals surface area contributed by atoms with Crippen molar-refractivity contribution in [2.75, 3.05) is 13.1 Å². The highest BCUT2D eigenvalue weighted by Crippen LogP contribution is 2.34. The average molecular weight is 217 g/mol.